The van der Waals surface area contributed by atoms with Crippen molar-refractivity contribution in [2.45, 2.75) is 12.5 Å². The van der Waals surface area contributed by atoms with E-state index in [0.717, 1.165) is 0 Å². The van der Waals surface area contributed by atoms with Gasteiger partial charge in [-0.25, -0.2) is 9.59 Å². The van der Waals surface area contributed by atoms with E-state index >= 15 is 0 Å². The van der Waals surface area contributed by atoms with Gasteiger partial charge in [0, 0.05) is 6.20 Å². The summed E-state index contributed by atoms with van der Waals surface area (Å²) in [5, 5.41) is 11.3. The van der Waals surface area contributed by atoms with Gasteiger partial charge in [-0.2, -0.15) is 4.98 Å². The summed E-state index contributed by atoms with van der Waals surface area (Å²) in [5.41, 5.74) is -0.625. The normalized spacial score (nSPS) is 19.9. The third-order valence-corrected chi connectivity index (χ3v) is 3.21. The number of nitrogens with zero attached hydrogens (tertiary/aromatic N) is 2. The number of aliphatic hydroxyl groups excluding tert-OH is 1. The van der Waals surface area contributed by atoms with Gasteiger partial charge in [0.2, 0.25) is 0 Å². The number of carbonyl (C=O) groups is 1. The topological polar surface area (TPSA) is 112 Å². The van der Waals surface area contributed by atoms with Crippen molar-refractivity contribution >= 4 is 11.9 Å². The SMILES string of the molecule is O=C(Nc1ccn([C@@H]2CO[C@H](CO)O2)c(=O)n1)Oc1ccccc1. The monoisotopic (exact) mass is 333 g/mol. The number of amides is 1. The lowest BCUT2D eigenvalue weighted by Gasteiger charge is -2.12. The third kappa shape index (κ3) is 3.77. The highest BCUT2D eigenvalue weighted by Gasteiger charge is 2.27. The number of aliphatic hydroxyl groups is 1. The van der Waals surface area contributed by atoms with Crippen molar-refractivity contribution in [3.63, 3.8) is 0 Å². The molecule has 0 saturated carbocycles. The second-order valence-corrected chi connectivity index (χ2v) is 4.87. The van der Waals surface area contributed by atoms with Crippen LogP contribution in [0.1, 0.15) is 6.23 Å². The molecule has 126 valence electrons. The average Bonchev–Trinajstić information content (AvgIpc) is 3.04. The largest absolute Gasteiger partial charge is 0.418 e. The van der Waals surface area contributed by atoms with Gasteiger partial charge in [0.15, 0.2) is 12.5 Å². The Morgan fingerprint density at radius 1 is 1.38 bits per heavy atom. The minimum atomic E-state index is -0.763. The van der Waals surface area contributed by atoms with Crippen LogP contribution in [0.15, 0.2) is 47.4 Å². The number of carbonyl (C=O) groups excluding carboxylic acids is 1. The van der Waals surface area contributed by atoms with E-state index in [1.807, 2.05) is 0 Å². The molecule has 9 nitrogen and oxygen atoms in total. The van der Waals surface area contributed by atoms with Crippen molar-refractivity contribution in [3.8, 4) is 5.75 Å². The van der Waals surface area contributed by atoms with Crippen molar-refractivity contribution in [1.29, 1.82) is 0 Å². The molecule has 2 atom stereocenters. The summed E-state index contributed by atoms with van der Waals surface area (Å²) in [7, 11) is 0. The molecule has 3 rings (SSSR count). The molecule has 1 aliphatic rings. The zero-order valence-electron chi connectivity index (χ0n) is 12.5. The van der Waals surface area contributed by atoms with Gasteiger partial charge < -0.3 is 19.3 Å². The zero-order valence-corrected chi connectivity index (χ0v) is 12.5. The predicted octanol–water partition coefficient (Wildman–Crippen LogP) is 0.718. The Kier molecular flexibility index (Phi) is 4.85. The first kappa shape index (κ1) is 16.1. The predicted molar refractivity (Wildman–Crippen MR) is 81.5 cm³/mol. The van der Waals surface area contributed by atoms with E-state index in [9.17, 15) is 9.59 Å². The van der Waals surface area contributed by atoms with Crippen LogP contribution >= 0.6 is 0 Å². The van der Waals surface area contributed by atoms with Gasteiger partial charge >= 0.3 is 11.8 Å². The third-order valence-electron chi connectivity index (χ3n) is 3.21. The van der Waals surface area contributed by atoms with Crippen molar-refractivity contribution in [1.82, 2.24) is 9.55 Å². The molecule has 0 radical (unpaired) electrons. The van der Waals surface area contributed by atoms with Crippen molar-refractivity contribution in [2.75, 3.05) is 18.5 Å². The summed E-state index contributed by atoms with van der Waals surface area (Å²) in [5.74, 6) is 0.421. The number of nitrogens with one attached hydrogen (secondary N) is 1. The Bertz CT molecular complexity index is 763. The molecular formula is C15H15N3O6. The molecule has 24 heavy (non-hydrogen) atoms. The van der Waals surface area contributed by atoms with Crippen LogP contribution in [0.2, 0.25) is 0 Å². The van der Waals surface area contributed by atoms with E-state index in [1.165, 1.54) is 16.8 Å². The standard InChI is InChI=1S/C15H15N3O6/c19-8-13-22-9-12(24-13)18-7-6-11(16-14(18)20)17-15(21)23-10-4-2-1-3-5-10/h1-7,12-13,19H,8-9H2,(H,16,17,20,21)/t12-,13-/m0/s1. The van der Waals surface area contributed by atoms with Crippen LogP contribution in [0.4, 0.5) is 10.6 Å². The van der Waals surface area contributed by atoms with Gasteiger partial charge in [-0.3, -0.25) is 9.88 Å². The molecule has 1 fully saturated rings. The number of ether oxygens (including phenoxy) is 3. The minimum Gasteiger partial charge on any atom is -0.410 e. The fourth-order valence-corrected chi connectivity index (χ4v) is 2.11. The second-order valence-electron chi connectivity index (χ2n) is 4.87. The smallest absolute Gasteiger partial charge is 0.410 e. The first-order chi connectivity index (χ1) is 11.7. The molecule has 2 N–H and O–H groups in total. The molecule has 1 amide bonds. The van der Waals surface area contributed by atoms with Crippen LogP contribution in [0.5, 0.6) is 5.75 Å². The van der Waals surface area contributed by atoms with Crippen LogP contribution in [-0.2, 0) is 9.47 Å². The maximum atomic E-state index is 12.0. The van der Waals surface area contributed by atoms with Crippen molar-refractivity contribution in [2.24, 2.45) is 0 Å². The minimum absolute atomic E-state index is 0.0507. The van der Waals surface area contributed by atoms with Gasteiger partial charge in [0.25, 0.3) is 0 Å². The lowest BCUT2D eigenvalue weighted by molar-refractivity contribution is -0.0992. The zero-order chi connectivity index (χ0) is 16.9. The molecule has 1 aromatic carbocycles. The van der Waals surface area contributed by atoms with Gasteiger partial charge in [0.05, 0.1) is 13.2 Å². The molecule has 9 heteroatoms. The molecule has 1 aliphatic heterocycles. The Balaban J connectivity index is 1.64. The summed E-state index contributed by atoms with van der Waals surface area (Å²) < 4.78 is 16.7. The average molecular weight is 333 g/mol. The van der Waals surface area contributed by atoms with Crippen LogP contribution in [0.25, 0.3) is 0 Å². The maximum absolute atomic E-state index is 12.0. The molecule has 0 unspecified atom stereocenters. The lowest BCUT2D eigenvalue weighted by atomic mass is 10.3. The lowest BCUT2D eigenvalue weighted by Crippen LogP contribution is -2.29. The molecule has 0 bridgehead atoms. The van der Waals surface area contributed by atoms with E-state index < -0.39 is 24.3 Å². The molecule has 0 aliphatic carbocycles. The number of hydrogen-bond donors (Lipinski definition) is 2. The van der Waals surface area contributed by atoms with Crippen LogP contribution in [-0.4, -0.2) is 40.3 Å². The Labute approximate surface area is 136 Å². The molecule has 1 aromatic heterocycles. The summed E-state index contributed by atoms with van der Waals surface area (Å²) >= 11 is 0. The summed E-state index contributed by atoms with van der Waals surface area (Å²) in [4.78, 5) is 27.5. The summed E-state index contributed by atoms with van der Waals surface area (Å²) in [6.07, 6.45) is -0.777. The second kappa shape index (κ2) is 7.21. The number of para-hydroxylation sites is 1. The number of aromatic nitrogens is 2. The van der Waals surface area contributed by atoms with E-state index in [2.05, 4.69) is 10.3 Å². The summed E-state index contributed by atoms with van der Waals surface area (Å²) in [6, 6.07) is 9.93. The fraction of sp³-hybridized carbons (Fsp3) is 0.267. The van der Waals surface area contributed by atoms with Gasteiger partial charge in [-0.05, 0) is 18.2 Å². The molecule has 0 spiro atoms. The van der Waals surface area contributed by atoms with Gasteiger partial charge in [0.1, 0.15) is 11.6 Å². The highest BCUT2D eigenvalue weighted by Crippen LogP contribution is 2.19. The fourth-order valence-electron chi connectivity index (χ4n) is 2.11. The van der Waals surface area contributed by atoms with Gasteiger partial charge in [-0.1, -0.05) is 18.2 Å². The first-order valence-corrected chi connectivity index (χ1v) is 7.16. The Morgan fingerprint density at radius 3 is 2.83 bits per heavy atom. The van der Waals surface area contributed by atoms with Crippen LogP contribution in [0.3, 0.4) is 0 Å². The van der Waals surface area contributed by atoms with E-state index in [1.54, 1.807) is 30.3 Å². The molecular weight excluding hydrogens is 318 g/mol. The maximum Gasteiger partial charge on any atom is 0.418 e. The van der Waals surface area contributed by atoms with E-state index in [4.69, 9.17) is 19.3 Å². The van der Waals surface area contributed by atoms with Crippen molar-refractivity contribution < 1.29 is 24.1 Å². The first-order valence-electron chi connectivity index (χ1n) is 7.16. The Hall–Kier alpha value is -2.75. The number of anilines is 1. The number of hydrogen-bond acceptors (Lipinski definition) is 7. The molecule has 2 aromatic rings. The molecule has 2 heterocycles. The highest BCUT2D eigenvalue weighted by molar-refractivity contribution is 5.84. The molecule has 1 saturated heterocycles. The number of benzene rings is 1. The quantitative estimate of drug-likeness (QED) is 0.847. The highest BCUT2D eigenvalue weighted by atomic mass is 16.7. The van der Waals surface area contributed by atoms with Crippen molar-refractivity contribution in [3.05, 3.63) is 53.1 Å². The number of rotatable bonds is 4. The summed E-state index contributed by atoms with van der Waals surface area (Å²) in [6.45, 7) is -0.181. The van der Waals surface area contributed by atoms with Crippen LogP contribution < -0.4 is 15.7 Å². The Morgan fingerprint density at radius 2 is 2.17 bits per heavy atom. The van der Waals surface area contributed by atoms with Crippen LogP contribution in [0, 0.1) is 0 Å². The van der Waals surface area contributed by atoms with E-state index in [-0.39, 0.29) is 19.0 Å². The van der Waals surface area contributed by atoms with E-state index in [0.29, 0.717) is 5.75 Å². The van der Waals surface area contributed by atoms with Gasteiger partial charge in [-0.15, -0.1) is 0 Å².